The summed E-state index contributed by atoms with van der Waals surface area (Å²) >= 11 is 0. The predicted molar refractivity (Wildman–Crippen MR) is 93.0 cm³/mol. The van der Waals surface area contributed by atoms with Crippen molar-refractivity contribution in [3.8, 4) is 0 Å². The van der Waals surface area contributed by atoms with E-state index in [-0.39, 0.29) is 12.6 Å². The van der Waals surface area contributed by atoms with Crippen molar-refractivity contribution in [2.45, 2.75) is 19.8 Å². The van der Waals surface area contributed by atoms with E-state index in [9.17, 15) is 14.7 Å². The second-order valence-electron chi connectivity index (χ2n) is 6.27. The zero-order chi connectivity index (χ0) is 17.5. The third kappa shape index (κ3) is 5.21. The van der Waals surface area contributed by atoms with Gasteiger partial charge < -0.3 is 26.4 Å². The summed E-state index contributed by atoms with van der Waals surface area (Å²) < 4.78 is 0. The second-order valence-corrected chi connectivity index (χ2v) is 6.27. The Balaban J connectivity index is 1.76. The van der Waals surface area contributed by atoms with Gasteiger partial charge in [0.2, 0.25) is 5.91 Å². The van der Waals surface area contributed by atoms with Crippen molar-refractivity contribution >= 4 is 17.6 Å². The number of amides is 3. The first-order chi connectivity index (χ1) is 11.5. The number of nitrogens with one attached hydrogen (secondary N) is 2. The summed E-state index contributed by atoms with van der Waals surface area (Å²) in [4.78, 5) is 25.4. The van der Waals surface area contributed by atoms with E-state index in [1.54, 1.807) is 18.2 Å². The monoisotopic (exact) mass is 334 g/mol. The molecule has 1 saturated heterocycles. The van der Waals surface area contributed by atoms with Crippen LogP contribution in [0.15, 0.2) is 18.2 Å². The topological polar surface area (TPSA) is 108 Å². The van der Waals surface area contributed by atoms with Crippen molar-refractivity contribution in [2.24, 2.45) is 11.7 Å². The minimum Gasteiger partial charge on any atom is -0.396 e. The molecule has 7 nitrogen and oxygen atoms in total. The van der Waals surface area contributed by atoms with Gasteiger partial charge in [-0.05, 0) is 56.0 Å². The van der Waals surface area contributed by atoms with Crippen LogP contribution in [0.4, 0.5) is 10.5 Å². The molecule has 2 rings (SSSR count). The first-order valence-electron chi connectivity index (χ1n) is 8.28. The van der Waals surface area contributed by atoms with E-state index in [0.717, 1.165) is 38.0 Å². The number of hydrogen-bond acceptors (Lipinski definition) is 4. The van der Waals surface area contributed by atoms with Crippen molar-refractivity contribution < 1.29 is 14.7 Å². The maximum Gasteiger partial charge on any atom is 0.319 e. The van der Waals surface area contributed by atoms with Crippen molar-refractivity contribution in [3.05, 3.63) is 29.3 Å². The Labute approximate surface area is 142 Å². The van der Waals surface area contributed by atoms with Gasteiger partial charge in [-0.3, -0.25) is 4.79 Å². The lowest BCUT2D eigenvalue weighted by atomic mass is 9.99. The Morgan fingerprint density at radius 3 is 2.88 bits per heavy atom. The molecule has 0 saturated carbocycles. The summed E-state index contributed by atoms with van der Waals surface area (Å²) in [6, 6.07) is 4.64. The van der Waals surface area contributed by atoms with E-state index in [2.05, 4.69) is 15.5 Å². The Morgan fingerprint density at radius 2 is 2.21 bits per heavy atom. The molecule has 132 valence electrons. The average molecular weight is 334 g/mol. The van der Waals surface area contributed by atoms with E-state index >= 15 is 0 Å². The van der Waals surface area contributed by atoms with Crippen LogP contribution in [-0.4, -0.2) is 54.7 Å². The van der Waals surface area contributed by atoms with Gasteiger partial charge >= 0.3 is 6.03 Å². The minimum absolute atomic E-state index is 0.227. The third-order valence-corrected chi connectivity index (χ3v) is 4.33. The summed E-state index contributed by atoms with van der Waals surface area (Å²) in [5.74, 6) is -0.143. The zero-order valence-electron chi connectivity index (χ0n) is 14.0. The highest BCUT2D eigenvalue weighted by molar-refractivity contribution is 5.95. The lowest BCUT2D eigenvalue weighted by Crippen LogP contribution is -2.42. The molecule has 0 spiro atoms. The molecule has 1 aliphatic heterocycles. The van der Waals surface area contributed by atoms with Crippen LogP contribution in [0.2, 0.25) is 0 Å². The number of urea groups is 1. The van der Waals surface area contributed by atoms with Gasteiger partial charge in [-0.2, -0.15) is 0 Å². The summed E-state index contributed by atoms with van der Waals surface area (Å²) in [6.07, 6.45) is 2.16. The van der Waals surface area contributed by atoms with Gasteiger partial charge in [0.05, 0.1) is 0 Å². The van der Waals surface area contributed by atoms with Crippen LogP contribution < -0.4 is 16.4 Å². The number of rotatable bonds is 6. The number of aryl methyl sites for hydroxylation is 1. The number of aliphatic hydroxyl groups is 1. The van der Waals surface area contributed by atoms with Gasteiger partial charge in [0, 0.05) is 37.5 Å². The summed E-state index contributed by atoms with van der Waals surface area (Å²) in [7, 11) is 0. The summed E-state index contributed by atoms with van der Waals surface area (Å²) in [5, 5.41) is 14.8. The maximum atomic E-state index is 12.0. The van der Waals surface area contributed by atoms with Crippen LogP contribution in [0.3, 0.4) is 0 Å². The van der Waals surface area contributed by atoms with Crippen LogP contribution in [0, 0.1) is 12.8 Å². The molecule has 1 heterocycles. The van der Waals surface area contributed by atoms with Gasteiger partial charge in [0.1, 0.15) is 0 Å². The van der Waals surface area contributed by atoms with Crippen LogP contribution in [-0.2, 0) is 0 Å². The number of anilines is 1. The molecule has 1 aliphatic rings. The molecule has 3 amide bonds. The van der Waals surface area contributed by atoms with Gasteiger partial charge in [0.25, 0.3) is 0 Å². The van der Waals surface area contributed by atoms with Crippen molar-refractivity contribution in [1.29, 1.82) is 0 Å². The molecule has 5 N–H and O–H groups in total. The number of nitrogens with zero attached hydrogens (tertiary/aromatic N) is 1. The van der Waals surface area contributed by atoms with E-state index in [4.69, 9.17) is 5.73 Å². The average Bonchev–Trinajstić information content (AvgIpc) is 2.56. The highest BCUT2D eigenvalue weighted by Gasteiger charge is 2.18. The van der Waals surface area contributed by atoms with Crippen LogP contribution >= 0.6 is 0 Å². The molecule has 24 heavy (non-hydrogen) atoms. The number of nitrogens with two attached hydrogens (primary N) is 1. The SMILES string of the molecule is Cc1cc(C(N)=O)ccc1NC(=O)NCCN1CCC[C@@H](CO)C1. The Bertz CT molecular complexity index is 591. The maximum absolute atomic E-state index is 12.0. The van der Waals surface area contributed by atoms with Crippen molar-refractivity contribution in [3.63, 3.8) is 0 Å². The van der Waals surface area contributed by atoms with Gasteiger partial charge in [-0.15, -0.1) is 0 Å². The molecular formula is C17H26N4O3. The fraction of sp³-hybridized carbons (Fsp3) is 0.529. The number of primary amides is 1. The molecule has 0 radical (unpaired) electrons. The molecular weight excluding hydrogens is 308 g/mol. The first-order valence-corrected chi connectivity index (χ1v) is 8.28. The smallest absolute Gasteiger partial charge is 0.319 e. The molecule has 1 atom stereocenters. The van der Waals surface area contributed by atoms with E-state index in [1.807, 2.05) is 6.92 Å². The normalized spacial score (nSPS) is 18.2. The van der Waals surface area contributed by atoms with Gasteiger partial charge in [-0.1, -0.05) is 0 Å². The number of carbonyl (C=O) groups excluding carboxylic acids is 2. The number of aliphatic hydroxyl groups excluding tert-OH is 1. The standard InChI is InChI=1S/C17H26N4O3/c1-12-9-14(16(18)23)4-5-15(12)20-17(24)19-6-8-21-7-2-3-13(10-21)11-22/h4-5,9,13,22H,2-3,6-8,10-11H2,1H3,(H2,18,23)(H2,19,20,24)/t13-/m1/s1. The van der Waals surface area contributed by atoms with Crippen LogP contribution in [0.5, 0.6) is 0 Å². The zero-order valence-corrected chi connectivity index (χ0v) is 14.0. The predicted octanol–water partition coefficient (Wildman–Crippen LogP) is 0.920. The van der Waals surface area contributed by atoms with E-state index < -0.39 is 5.91 Å². The first kappa shape index (κ1) is 18.2. The number of carbonyl (C=O) groups is 2. The summed E-state index contributed by atoms with van der Waals surface area (Å²) in [5.41, 5.74) is 7.08. The van der Waals surface area contributed by atoms with E-state index in [0.29, 0.717) is 23.7 Å². The fourth-order valence-corrected chi connectivity index (χ4v) is 2.95. The number of benzene rings is 1. The highest BCUT2D eigenvalue weighted by atomic mass is 16.3. The van der Waals surface area contributed by atoms with Gasteiger partial charge in [0.15, 0.2) is 0 Å². The molecule has 1 aromatic carbocycles. The molecule has 0 bridgehead atoms. The van der Waals surface area contributed by atoms with Gasteiger partial charge in [-0.25, -0.2) is 4.79 Å². The van der Waals surface area contributed by atoms with E-state index in [1.165, 1.54) is 0 Å². The molecule has 0 aromatic heterocycles. The quantitative estimate of drug-likeness (QED) is 0.620. The number of hydrogen-bond donors (Lipinski definition) is 4. The third-order valence-electron chi connectivity index (χ3n) is 4.33. The molecule has 7 heteroatoms. The molecule has 1 aromatic rings. The highest BCUT2D eigenvalue weighted by Crippen LogP contribution is 2.16. The van der Waals surface area contributed by atoms with Crippen molar-refractivity contribution in [2.75, 3.05) is 38.1 Å². The number of piperidine rings is 1. The lowest BCUT2D eigenvalue weighted by molar-refractivity contribution is 0.1000. The molecule has 0 unspecified atom stereocenters. The fourth-order valence-electron chi connectivity index (χ4n) is 2.95. The molecule has 1 fully saturated rings. The molecule has 0 aliphatic carbocycles. The van der Waals surface area contributed by atoms with Crippen molar-refractivity contribution in [1.82, 2.24) is 10.2 Å². The Hall–Kier alpha value is -2.12. The summed E-state index contributed by atoms with van der Waals surface area (Å²) in [6.45, 7) is 5.24. The Kier molecular flexibility index (Phi) is 6.57. The number of likely N-dealkylation sites (tertiary alicyclic amines) is 1. The Morgan fingerprint density at radius 1 is 1.42 bits per heavy atom. The van der Waals surface area contributed by atoms with Crippen LogP contribution in [0.25, 0.3) is 0 Å². The lowest BCUT2D eigenvalue weighted by Gasteiger charge is -2.31. The largest absolute Gasteiger partial charge is 0.396 e. The second kappa shape index (κ2) is 8.65. The van der Waals surface area contributed by atoms with Crippen LogP contribution in [0.1, 0.15) is 28.8 Å². The minimum atomic E-state index is -0.489.